The molecule has 1 unspecified atom stereocenters. The van der Waals surface area contributed by atoms with Crippen LogP contribution in [0.3, 0.4) is 0 Å². The topological polar surface area (TPSA) is 12.0 Å². The first-order valence-electron chi connectivity index (χ1n) is 7.42. The number of thiophene rings is 1. The van der Waals surface area contributed by atoms with Gasteiger partial charge in [0, 0.05) is 9.75 Å². The molecule has 0 spiro atoms. The Morgan fingerprint density at radius 3 is 2.62 bits per heavy atom. The number of nitrogens with one attached hydrogen (secondary N) is 1. The van der Waals surface area contributed by atoms with Crippen molar-refractivity contribution < 1.29 is 8.78 Å². The second-order valence-electron chi connectivity index (χ2n) is 5.55. The zero-order valence-electron chi connectivity index (χ0n) is 12.1. The van der Waals surface area contributed by atoms with Crippen LogP contribution in [0.2, 0.25) is 0 Å². The van der Waals surface area contributed by atoms with E-state index in [9.17, 15) is 8.78 Å². The molecule has 3 rings (SSSR count). The lowest BCUT2D eigenvalue weighted by atomic mass is 10.0. The lowest BCUT2D eigenvalue weighted by Gasteiger charge is -2.15. The fraction of sp³-hybridized carbons (Fsp3) is 0.412. The van der Waals surface area contributed by atoms with Crippen molar-refractivity contribution in [3.63, 3.8) is 0 Å². The van der Waals surface area contributed by atoms with Gasteiger partial charge >= 0.3 is 0 Å². The van der Waals surface area contributed by atoms with E-state index in [0.29, 0.717) is 0 Å². The van der Waals surface area contributed by atoms with Gasteiger partial charge in [0.25, 0.3) is 0 Å². The minimum atomic E-state index is -0.796. The van der Waals surface area contributed by atoms with Crippen LogP contribution >= 0.6 is 11.3 Å². The predicted octanol–water partition coefficient (Wildman–Crippen LogP) is 4.60. The zero-order chi connectivity index (χ0) is 14.8. The van der Waals surface area contributed by atoms with Crippen LogP contribution < -0.4 is 5.32 Å². The van der Waals surface area contributed by atoms with Crippen molar-refractivity contribution in [2.24, 2.45) is 0 Å². The summed E-state index contributed by atoms with van der Waals surface area (Å²) in [6.07, 6.45) is 6.09. The summed E-state index contributed by atoms with van der Waals surface area (Å²) in [5.74, 6) is -1.58. The maximum absolute atomic E-state index is 13.5. The summed E-state index contributed by atoms with van der Waals surface area (Å²) in [6.45, 7) is 0. The van der Waals surface area contributed by atoms with Crippen molar-refractivity contribution in [3.8, 4) is 0 Å². The normalized spacial score (nSPS) is 16.3. The summed E-state index contributed by atoms with van der Waals surface area (Å²) in [6, 6.07) is 6.32. The van der Waals surface area contributed by atoms with Gasteiger partial charge in [-0.2, -0.15) is 0 Å². The third-order valence-electron chi connectivity index (χ3n) is 4.12. The van der Waals surface area contributed by atoms with Gasteiger partial charge in [0.1, 0.15) is 0 Å². The van der Waals surface area contributed by atoms with Crippen molar-refractivity contribution in [1.29, 1.82) is 0 Å². The molecule has 1 aliphatic carbocycles. The summed E-state index contributed by atoms with van der Waals surface area (Å²) in [5.41, 5.74) is 2.21. The SMILES string of the molecule is CNC(c1ccc(F)c(F)c1)c1cc2c(s1)CCCCC2. The Labute approximate surface area is 128 Å². The standard InChI is InChI=1S/C17H19F2NS/c1-20-17(12-7-8-13(18)14(19)9-12)16-10-11-5-3-2-4-6-15(11)21-16/h7-10,17,20H,2-6H2,1H3. The molecule has 0 fully saturated rings. The maximum Gasteiger partial charge on any atom is 0.159 e. The van der Waals surface area contributed by atoms with E-state index in [1.54, 1.807) is 6.07 Å². The van der Waals surface area contributed by atoms with Crippen LogP contribution in [0.25, 0.3) is 0 Å². The van der Waals surface area contributed by atoms with Crippen LogP contribution in [-0.2, 0) is 12.8 Å². The molecule has 0 amide bonds. The van der Waals surface area contributed by atoms with Crippen LogP contribution in [0.15, 0.2) is 24.3 Å². The van der Waals surface area contributed by atoms with Crippen LogP contribution in [0.1, 0.15) is 46.2 Å². The summed E-state index contributed by atoms with van der Waals surface area (Å²) in [4.78, 5) is 2.65. The monoisotopic (exact) mass is 307 g/mol. The van der Waals surface area contributed by atoms with Gasteiger partial charge in [0.15, 0.2) is 11.6 Å². The Morgan fingerprint density at radius 1 is 1.05 bits per heavy atom. The first-order chi connectivity index (χ1) is 10.2. The molecule has 1 aromatic carbocycles. The number of aryl methyl sites for hydroxylation is 2. The number of hydrogen-bond donors (Lipinski definition) is 1. The molecule has 0 saturated heterocycles. The number of hydrogen-bond acceptors (Lipinski definition) is 2. The first-order valence-corrected chi connectivity index (χ1v) is 8.24. The van der Waals surface area contributed by atoms with Gasteiger partial charge in [0.05, 0.1) is 6.04 Å². The van der Waals surface area contributed by atoms with Gasteiger partial charge in [-0.05, 0) is 62.1 Å². The highest BCUT2D eigenvalue weighted by Gasteiger charge is 2.20. The Balaban J connectivity index is 1.94. The number of rotatable bonds is 3. The van der Waals surface area contributed by atoms with E-state index in [-0.39, 0.29) is 6.04 Å². The molecule has 1 heterocycles. The molecule has 1 atom stereocenters. The fourth-order valence-electron chi connectivity index (χ4n) is 3.00. The predicted molar refractivity (Wildman–Crippen MR) is 82.8 cm³/mol. The Bertz CT molecular complexity index is 612. The molecule has 1 nitrogen and oxygen atoms in total. The molecule has 1 N–H and O–H groups in total. The number of fused-ring (bicyclic) bond motifs is 1. The molecular weight excluding hydrogens is 288 g/mol. The van der Waals surface area contributed by atoms with E-state index in [4.69, 9.17) is 0 Å². The van der Waals surface area contributed by atoms with Crippen molar-refractivity contribution >= 4 is 11.3 Å². The van der Waals surface area contributed by atoms with E-state index >= 15 is 0 Å². The summed E-state index contributed by atoms with van der Waals surface area (Å²) in [5, 5.41) is 3.23. The molecule has 0 radical (unpaired) electrons. The lowest BCUT2D eigenvalue weighted by molar-refractivity contribution is 0.505. The average molecular weight is 307 g/mol. The molecule has 4 heteroatoms. The molecule has 1 aliphatic rings. The highest BCUT2D eigenvalue weighted by molar-refractivity contribution is 7.12. The van der Waals surface area contributed by atoms with Gasteiger partial charge in [-0.15, -0.1) is 11.3 Å². The third-order valence-corrected chi connectivity index (χ3v) is 5.42. The van der Waals surface area contributed by atoms with E-state index in [0.717, 1.165) is 18.4 Å². The molecular formula is C17H19F2NS. The number of halogens is 2. The summed E-state index contributed by atoms with van der Waals surface area (Å²) >= 11 is 1.81. The molecule has 0 aliphatic heterocycles. The second-order valence-corrected chi connectivity index (χ2v) is 6.72. The van der Waals surface area contributed by atoms with Gasteiger partial charge in [-0.3, -0.25) is 0 Å². The first kappa shape index (κ1) is 14.7. The summed E-state index contributed by atoms with van der Waals surface area (Å²) in [7, 11) is 1.86. The van der Waals surface area contributed by atoms with E-state index in [2.05, 4.69) is 11.4 Å². The minimum absolute atomic E-state index is 0.0722. The van der Waals surface area contributed by atoms with E-state index in [1.165, 1.54) is 46.7 Å². The molecule has 1 aromatic heterocycles. The van der Waals surface area contributed by atoms with Crippen LogP contribution in [0.4, 0.5) is 8.78 Å². The molecule has 0 bridgehead atoms. The molecule has 112 valence electrons. The molecule has 21 heavy (non-hydrogen) atoms. The van der Waals surface area contributed by atoms with Crippen LogP contribution in [0.5, 0.6) is 0 Å². The van der Waals surface area contributed by atoms with Crippen LogP contribution in [0, 0.1) is 11.6 Å². The van der Waals surface area contributed by atoms with Crippen molar-refractivity contribution in [3.05, 3.63) is 56.8 Å². The molecule has 2 aromatic rings. The lowest BCUT2D eigenvalue weighted by Crippen LogP contribution is -2.16. The highest BCUT2D eigenvalue weighted by Crippen LogP contribution is 2.35. The smallest absolute Gasteiger partial charge is 0.159 e. The van der Waals surface area contributed by atoms with Crippen LogP contribution in [-0.4, -0.2) is 7.05 Å². The highest BCUT2D eigenvalue weighted by atomic mass is 32.1. The maximum atomic E-state index is 13.5. The zero-order valence-corrected chi connectivity index (χ0v) is 12.9. The van der Waals surface area contributed by atoms with Crippen molar-refractivity contribution in [2.75, 3.05) is 7.05 Å². The van der Waals surface area contributed by atoms with Crippen molar-refractivity contribution in [2.45, 2.75) is 38.1 Å². The minimum Gasteiger partial charge on any atom is -0.309 e. The van der Waals surface area contributed by atoms with Gasteiger partial charge < -0.3 is 5.32 Å². The quantitative estimate of drug-likeness (QED) is 0.817. The largest absolute Gasteiger partial charge is 0.309 e. The fourth-order valence-corrected chi connectivity index (χ4v) is 4.39. The van der Waals surface area contributed by atoms with Gasteiger partial charge in [-0.1, -0.05) is 12.5 Å². The Kier molecular flexibility index (Phi) is 4.36. The second kappa shape index (κ2) is 6.24. The Morgan fingerprint density at radius 2 is 1.86 bits per heavy atom. The van der Waals surface area contributed by atoms with Gasteiger partial charge in [0.2, 0.25) is 0 Å². The van der Waals surface area contributed by atoms with Gasteiger partial charge in [-0.25, -0.2) is 8.78 Å². The van der Waals surface area contributed by atoms with E-state index in [1.807, 2.05) is 18.4 Å². The number of benzene rings is 1. The average Bonchev–Trinajstić information content (AvgIpc) is 2.74. The van der Waals surface area contributed by atoms with Crippen molar-refractivity contribution in [1.82, 2.24) is 5.32 Å². The van der Waals surface area contributed by atoms with E-state index < -0.39 is 11.6 Å². The summed E-state index contributed by atoms with van der Waals surface area (Å²) < 4.78 is 26.6. The molecule has 0 saturated carbocycles. The Hall–Kier alpha value is -1.26. The third kappa shape index (κ3) is 3.01.